The predicted octanol–water partition coefficient (Wildman–Crippen LogP) is 5.73. The minimum absolute atomic E-state index is 0.222. The van der Waals surface area contributed by atoms with Gasteiger partial charge >= 0.3 is 6.36 Å². The van der Waals surface area contributed by atoms with E-state index in [0.29, 0.717) is 32.9 Å². The smallest absolute Gasteiger partial charge is 0.406 e. The van der Waals surface area contributed by atoms with Crippen LogP contribution in [0.3, 0.4) is 0 Å². The van der Waals surface area contributed by atoms with Gasteiger partial charge in [-0.25, -0.2) is 4.98 Å². The lowest BCUT2D eigenvalue weighted by molar-refractivity contribution is -0.274. The van der Waals surface area contributed by atoms with E-state index >= 15 is 0 Å². The summed E-state index contributed by atoms with van der Waals surface area (Å²) < 4.78 is 42.6. The monoisotopic (exact) mass is 470 g/mol. The average molecular weight is 471 g/mol. The minimum Gasteiger partial charge on any atom is -0.406 e. The Balaban J connectivity index is 1.70. The Labute approximate surface area is 183 Å². The van der Waals surface area contributed by atoms with Crippen molar-refractivity contribution in [3.8, 4) is 11.4 Å². The number of nitrogens with zero attached hydrogens (tertiary/aromatic N) is 2. The summed E-state index contributed by atoms with van der Waals surface area (Å²) in [6.45, 7) is 0. The number of halogens is 4. The molecule has 2 aromatic carbocycles. The summed E-state index contributed by atoms with van der Waals surface area (Å²) in [7, 11) is 0. The van der Waals surface area contributed by atoms with E-state index in [-0.39, 0.29) is 11.3 Å². The zero-order valence-electron chi connectivity index (χ0n) is 15.3. The summed E-state index contributed by atoms with van der Waals surface area (Å²) in [5.74, 6) is 0.961. The third-order valence-corrected chi connectivity index (χ3v) is 6.60. The van der Waals surface area contributed by atoms with E-state index in [0.717, 1.165) is 17.0 Å². The average Bonchev–Trinajstić information content (AvgIpc) is 3.15. The highest BCUT2D eigenvalue weighted by molar-refractivity contribution is 7.99. The molecule has 156 valence electrons. The van der Waals surface area contributed by atoms with Crippen LogP contribution in [-0.4, -0.2) is 21.7 Å². The Kier molecular flexibility index (Phi) is 6.04. The first-order valence-corrected chi connectivity index (χ1v) is 11.2. The van der Waals surface area contributed by atoms with Gasteiger partial charge in [-0.15, -0.1) is 24.9 Å². The standard InChI is InChI=1S/C20H14ClF3N2O2S2/c21-13-3-1-2-12(10-13)11-30-19-25-16-8-9-29-17(16)18(27)26(19)14-4-6-15(7-5-14)28-20(22,23)24/h1-7,10H,8-9,11H2. The van der Waals surface area contributed by atoms with Crippen molar-refractivity contribution in [1.82, 2.24) is 9.55 Å². The van der Waals surface area contributed by atoms with E-state index in [9.17, 15) is 18.0 Å². The Morgan fingerprint density at radius 3 is 2.67 bits per heavy atom. The highest BCUT2D eigenvalue weighted by Crippen LogP contribution is 2.32. The van der Waals surface area contributed by atoms with Crippen molar-refractivity contribution in [2.75, 3.05) is 5.75 Å². The van der Waals surface area contributed by atoms with Crippen molar-refractivity contribution in [3.05, 3.63) is 75.2 Å². The molecule has 0 aliphatic carbocycles. The van der Waals surface area contributed by atoms with E-state index in [1.165, 1.54) is 52.4 Å². The molecule has 1 aliphatic heterocycles. The van der Waals surface area contributed by atoms with Crippen LogP contribution in [0.1, 0.15) is 11.3 Å². The van der Waals surface area contributed by atoms with Gasteiger partial charge in [-0.3, -0.25) is 9.36 Å². The Hall–Kier alpha value is -2.10. The molecule has 0 saturated heterocycles. The van der Waals surface area contributed by atoms with Crippen LogP contribution in [-0.2, 0) is 12.2 Å². The fourth-order valence-corrected chi connectivity index (χ4v) is 5.20. The molecular formula is C20H14ClF3N2O2S2. The molecule has 30 heavy (non-hydrogen) atoms. The Bertz CT molecular complexity index is 1130. The zero-order valence-corrected chi connectivity index (χ0v) is 17.7. The second kappa shape index (κ2) is 8.56. The van der Waals surface area contributed by atoms with Gasteiger partial charge in [-0.1, -0.05) is 35.5 Å². The van der Waals surface area contributed by atoms with Crippen LogP contribution in [0.25, 0.3) is 5.69 Å². The van der Waals surface area contributed by atoms with Crippen LogP contribution in [0, 0.1) is 0 Å². The number of hydrogen-bond acceptors (Lipinski definition) is 5. The number of thioether (sulfide) groups is 2. The maximum atomic E-state index is 13.1. The first-order valence-electron chi connectivity index (χ1n) is 8.82. The molecule has 10 heteroatoms. The van der Waals surface area contributed by atoms with Crippen molar-refractivity contribution in [2.45, 2.75) is 28.6 Å². The number of fused-ring (bicyclic) bond motifs is 1. The first kappa shape index (κ1) is 21.1. The van der Waals surface area contributed by atoms with Crippen LogP contribution in [0.15, 0.2) is 63.4 Å². The van der Waals surface area contributed by atoms with Crippen molar-refractivity contribution < 1.29 is 17.9 Å². The highest BCUT2D eigenvalue weighted by Gasteiger charge is 2.31. The van der Waals surface area contributed by atoms with Crippen LogP contribution in [0.2, 0.25) is 5.02 Å². The van der Waals surface area contributed by atoms with Crippen molar-refractivity contribution in [3.63, 3.8) is 0 Å². The summed E-state index contributed by atoms with van der Waals surface area (Å²) in [4.78, 5) is 18.4. The van der Waals surface area contributed by atoms with Gasteiger partial charge in [0.1, 0.15) is 5.75 Å². The van der Waals surface area contributed by atoms with Gasteiger partial charge in [0.2, 0.25) is 0 Å². The molecule has 0 saturated carbocycles. The van der Waals surface area contributed by atoms with Gasteiger partial charge in [0.25, 0.3) is 5.56 Å². The van der Waals surface area contributed by atoms with Crippen molar-refractivity contribution in [1.29, 1.82) is 0 Å². The molecule has 4 rings (SSSR count). The predicted molar refractivity (Wildman–Crippen MR) is 112 cm³/mol. The van der Waals surface area contributed by atoms with Crippen LogP contribution in [0.4, 0.5) is 13.2 Å². The SMILES string of the molecule is O=c1c2c(nc(SCc3cccc(Cl)c3)n1-c1ccc(OC(F)(F)F)cc1)CCS2. The highest BCUT2D eigenvalue weighted by atomic mass is 35.5. The molecular weight excluding hydrogens is 457 g/mol. The number of rotatable bonds is 5. The van der Waals surface area contributed by atoms with E-state index in [2.05, 4.69) is 9.72 Å². The van der Waals surface area contributed by atoms with E-state index in [1.54, 1.807) is 6.07 Å². The summed E-state index contributed by atoms with van der Waals surface area (Å²) in [5.41, 5.74) is 1.93. The van der Waals surface area contributed by atoms with Crippen LogP contribution >= 0.6 is 35.1 Å². The number of aromatic nitrogens is 2. The number of hydrogen-bond donors (Lipinski definition) is 0. The third kappa shape index (κ3) is 4.79. The van der Waals surface area contributed by atoms with Gasteiger partial charge in [0.15, 0.2) is 5.16 Å². The number of ether oxygens (including phenoxy) is 1. The number of alkyl halides is 3. The third-order valence-electron chi connectivity index (χ3n) is 4.25. The normalized spacial score (nSPS) is 13.3. The largest absolute Gasteiger partial charge is 0.573 e. The topological polar surface area (TPSA) is 44.1 Å². The van der Waals surface area contributed by atoms with Gasteiger partial charge in [-0.2, -0.15) is 0 Å². The number of benzene rings is 2. The molecule has 4 nitrogen and oxygen atoms in total. The van der Waals surface area contributed by atoms with Crippen molar-refractivity contribution in [2.24, 2.45) is 0 Å². The quantitative estimate of drug-likeness (QED) is 0.352. The summed E-state index contributed by atoms with van der Waals surface area (Å²) in [5, 5.41) is 1.09. The van der Waals surface area contributed by atoms with Gasteiger partial charge in [0, 0.05) is 22.9 Å². The maximum absolute atomic E-state index is 13.1. The minimum atomic E-state index is -4.78. The fraction of sp³-hybridized carbons (Fsp3) is 0.200. The zero-order chi connectivity index (χ0) is 21.3. The fourth-order valence-electron chi connectivity index (χ4n) is 2.99. The maximum Gasteiger partial charge on any atom is 0.573 e. The molecule has 0 radical (unpaired) electrons. The lowest BCUT2D eigenvalue weighted by atomic mass is 10.2. The molecule has 0 bridgehead atoms. The molecule has 0 N–H and O–H groups in total. The van der Waals surface area contributed by atoms with Gasteiger partial charge < -0.3 is 4.74 Å². The molecule has 0 spiro atoms. The molecule has 0 fully saturated rings. The molecule has 0 atom stereocenters. The van der Waals surface area contributed by atoms with Gasteiger partial charge in [0.05, 0.1) is 16.3 Å². The summed E-state index contributed by atoms with van der Waals surface area (Å²) in [6, 6.07) is 12.6. The second-order valence-electron chi connectivity index (χ2n) is 6.37. The Morgan fingerprint density at radius 1 is 1.20 bits per heavy atom. The van der Waals surface area contributed by atoms with Crippen LogP contribution < -0.4 is 10.3 Å². The van der Waals surface area contributed by atoms with Gasteiger partial charge in [-0.05, 0) is 42.0 Å². The Morgan fingerprint density at radius 2 is 1.97 bits per heavy atom. The lowest BCUT2D eigenvalue weighted by Gasteiger charge is -2.15. The lowest BCUT2D eigenvalue weighted by Crippen LogP contribution is -2.24. The molecule has 1 aromatic heterocycles. The molecule has 3 aromatic rings. The van der Waals surface area contributed by atoms with Crippen molar-refractivity contribution >= 4 is 35.1 Å². The summed E-state index contributed by atoms with van der Waals surface area (Å²) in [6.07, 6.45) is -4.07. The molecule has 0 unspecified atom stereocenters. The van der Waals surface area contributed by atoms with Crippen LogP contribution in [0.5, 0.6) is 5.75 Å². The van der Waals surface area contributed by atoms with E-state index in [4.69, 9.17) is 11.6 Å². The first-order chi connectivity index (χ1) is 14.3. The molecule has 0 amide bonds. The number of aryl methyl sites for hydroxylation is 1. The molecule has 1 aliphatic rings. The van der Waals surface area contributed by atoms with E-state index < -0.39 is 6.36 Å². The second-order valence-corrected chi connectivity index (χ2v) is 8.85. The molecule has 2 heterocycles. The summed E-state index contributed by atoms with van der Waals surface area (Å²) >= 11 is 8.86. The van der Waals surface area contributed by atoms with E-state index in [1.807, 2.05) is 18.2 Å².